The van der Waals surface area contributed by atoms with Crippen LogP contribution in [0, 0.1) is 6.92 Å². The van der Waals surface area contributed by atoms with E-state index in [0.29, 0.717) is 33.2 Å². The standard InChI is InChI=1S/C22H17ClN2O6/c1-11-6-18-13(8-14(11)23)16(26)10-20(30-18)22(27)24-21-9-15(25-31-21)12-4-5-17(28-2)19(7-12)29-3/h4-10H,1-3H3,(H,24,27). The van der Waals surface area contributed by atoms with Gasteiger partial charge in [-0.25, -0.2) is 0 Å². The van der Waals surface area contributed by atoms with Crippen molar-refractivity contribution in [2.24, 2.45) is 0 Å². The first kappa shape index (κ1) is 20.5. The molecule has 0 saturated heterocycles. The molecule has 2 heterocycles. The lowest BCUT2D eigenvalue weighted by Crippen LogP contribution is -2.14. The van der Waals surface area contributed by atoms with E-state index >= 15 is 0 Å². The number of rotatable bonds is 5. The maximum Gasteiger partial charge on any atom is 0.293 e. The summed E-state index contributed by atoms with van der Waals surface area (Å²) in [6, 6.07) is 11.0. The lowest BCUT2D eigenvalue weighted by Gasteiger charge is -2.07. The molecular formula is C22H17ClN2O6. The number of ether oxygens (including phenoxy) is 2. The topological polar surface area (TPSA) is 104 Å². The molecule has 1 N–H and O–H groups in total. The van der Waals surface area contributed by atoms with E-state index in [9.17, 15) is 9.59 Å². The summed E-state index contributed by atoms with van der Waals surface area (Å²) in [6.07, 6.45) is 0. The van der Waals surface area contributed by atoms with E-state index in [4.69, 9.17) is 30.0 Å². The van der Waals surface area contributed by atoms with Crippen molar-refractivity contribution in [2.75, 3.05) is 19.5 Å². The highest BCUT2D eigenvalue weighted by Crippen LogP contribution is 2.32. The van der Waals surface area contributed by atoms with Crippen LogP contribution < -0.4 is 20.2 Å². The van der Waals surface area contributed by atoms with E-state index in [0.717, 1.165) is 11.6 Å². The molecular weight excluding hydrogens is 424 g/mol. The molecule has 0 aliphatic heterocycles. The number of hydrogen-bond donors (Lipinski definition) is 1. The first-order valence-corrected chi connectivity index (χ1v) is 9.52. The zero-order valence-corrected chi connectivity index (χ0v) is 17.6. The van der Waals surface area contributed by atoms with Gasteiger partial charge in [0.1, 0.15) is 11.3 Å². The van der Waals surface area contributed by atoms with Crippen LogP contribution in [0.4, 0.5) is 5.88 Å². The van der Waals surface area contributed by atoms with Crippen LogP contribution in [0.1, 0.15) is 16.1 Å². The number of carbonyl (C=O) groups excluding carboxylic acids is 1. The zero-order chi connectivity index (χ0) is 22.1. The van der Waals surface area contributed by atoms with Crippen LogP contribution >= 0.6 is 11.6 Å². The zero-order valence-electron chi connectivity index (χ0n) is 16.8. The predicted molar refractivity (Wildman–Crippen MR) is 115 cm³/mol. The number of fused-ring (bicyclic) bond motifs is 1. The van der Waals surface area contributed by atoms with Crippen molar-refractivity contribution in [1.29, 1.82) is 0 Å². The molecule has 0 bridgehead atoms. The summed E-state index contributed by atoms with van der Waals surface area (Å²) < 4.78 is 21.3. The highest BCUT2D eigenvalue weighted by molar-refractivity contribution is 6.32. The van der Waals surface area contributed by atoms with Crippen molar-refractivity contribution in [2.45, 2.75) is 6.92 Å². The Bertz CT molecular complexity index is 1360. The Labute approximate surface area is 181 Å². The molecule has 2 aromatic carbocycles. The smallest absolute Gasteiger partial charge is 0.293 e. The molecule has 0 atom stereocenters. The number of nitrogens with one attached hydrogen (secondary N) is 1. The number of aromatic nitrogens is 1. The number of nitrogens with zero attached hydrogens (tertiary/aromatic N) is 1. The summed E-state index contributed by atoms with van der Waals surface area (Å²) in [4.78, 5) is 25.0. The van der Waals surface area contributed by atoms with Crippen molar-refractivity contribution in [3.8, 4) is 22.8 Å². The fourth-order valence-corrected chi connectivity index (χ4v) is 3.19. The van der Waals surface area contributed by atoms with Gasteiger partial charge in [0.05, 0.1) is 19.6 Å². The molecule has 0 fully saturated rings. The normalized spacial score (nSPS) is 10.8. The van der Waals surface area contributed by atoms with E-state index in [1.807, 2.05) is 0 Å². The third-order valence-corrected chi connectivity index (χ3v) is 5.07. The summed E-state index contributed by atoms with van der Waals surface area (Å²) in [5.41, 5.74) is 1.79. The molecule has 0 unspecified atom stereocenters. The average molecular weight is 441 g/mol. The van der Waals surface area contributed by atoms with Gasteiger partial charge in [-0.3, -0.25) is 14.9 Å². The Morgan fingerprint density at radius 3 is 2.58 bits per heavy atom. The first-order valence-electron chi connectivity index (χ1n) is 9.14. The van der Waals surface area contributed by atoms with Crippen molar-refractivity contribution in [1.82, 2.24) is 5.16 Å². The van der Waals surface area contributed by atoms with Crippen molar-refractivity contribution >= 4 is 34.4 Å². The third-order valence-electron chi connectivity index (χ3n) is 4.66. The largest absolute Gasteiger partial charge is 0.493 e. The van der Waals surface area contributed by atoms with Gasteiger partial charge in [0.25, 0.3) is 5.91 Å². The number of anilines is 1. The maximum absolute atomic E-state index is 12.6. The van der Waals surface area contributed by atoms with E-state index in [1.165, 1.54) is 13.2 Å². The molecule has 8 nitrogen and oxygen atoms in total. The molecule has 31 heavy (non-hydrogen) atoms. The van der Waals surface area contributed by atoms with Crippen LogP contribution in [0.2, 0.25) is 5.02 Å². The molecule has 1 amide bonds. The average Bonchev–Trinajstić information content (AvgIpc) is 3.22. The van der Waals surface area contributed by atoms with Crippen LogP contribution in [0.15, 0.2) is 56.2 Å². The van der Waals surface area contributed by atoms with E-state index in [1.54, 1.807) is 44.4 Å². The minimum Gasteiger partial charge on any atom is -0.493 e. The number of benzene rings is 2. The number of methoxy groups -OCH3 is 2. The van der Waals surface area contributed by atoms with E-state index in [2.05, 4.69) is 10.5 Å². The second-order valence-corrected chi connectivity index (χ2v) is 7.08. The summed E-state index contributed by atoms with van der Waals surface area (Å²) in [5.74, 6) is 0.378. The Kier molecular flexibility index (Phi) is 5.39. The lowest BCUT2D eigenvalue weighted by molar-refractivity contribution is 0.0994. The monoisotopic (exact) mass is 440 g/mol. The Hall–Kier alpha value is -3.78. The summed E-state index contributed by atoms with van der Waals surface area (Å²) in [7, 11) is 3.07. The predicted octanol–water partition coefficient (Wildman–Crippen LogP) is 4.68. The molecule has 158 valence electrons. The van der Waals surface area contributed by atoms with Crippen LogP contribution in [-0.2, 0) is 0 Å². The van der Waals surface area contributed by atoms with Gasteiger partial charge in [0, 0.05) is 22.7 Å². The number of carbonyl (C=O) groups is 1. The minimum absolute atomic E-state index is 0.0878. The van der Waals surface area contributed by atoms with Gasteiger partial charge in [0.2, 0.25) is 5.88 Å². The lowest BCUT2D eigenvalue weighted by atomic mass is 10.1. The maximum atomic E-state index is 12.6. The van der Waals surface area contributed by atoms with Crippen molar-refractivity contribution in [3.63, 3.8) is 0 Å². The van der Waals surface area contributed by atoms with Gasteiger partial charge in [-0.2, -0.15) is 0 Å². The number of aryl methyl sites for hydroxylation is 1. The molecule has 0 aliphatic rings. The molecule has 0 saturated carbocycles. The number of halogens is 1. The molecule has 0 aliphatic carbocycles. The molecule has 0 radical (unpaired) electrons. The quantitative estimate of drug-likeness (QED) is 0.480. The van der Waals surface area contributed by atoms with Gasteiger partial charge >= 0.3 is 0 Å². The van der Waals surface area contributed by atoms with Crippen molar-refractivity contribution < 1.29 is 23.2 Å². The van der Waals surface area contributed by atoms with E-state index in [-0.39, 0.29) is 22.7 Å². The third kappa shape index (κ3) is 3.97. The highest BCUT2D eigenvalue weighted by atomic mass is 35.5. The summed E-state index contributed by atoms with van der Waals surface area (Å²) in [5, 5.41) is 7.23. The van der Waals surface area contributed by atoms with Gasteiger partial charge in [-0.05, 0) is 42.8 Å². The molecule has 9 heteroatoms. The number of hydrogen-bond acceptors (Lipinski definition) is 7. The highest BCUT2D eigenvalue weighted by Gasteiger charge is 2.17. The number of amides is 1. The molecule has 0 spiro atoms. The second-order valence-electron chi connectivity index (χ2n) is 6.67. The fraction of sp³-hybridized carbons (Fsp3) is 0.136. The Morgan fingerprint density at radius 2 is 1.84 bits per heavy atom. The van der Waals surface area contributed by atoms with Crippen LogP contribution in [0.5, 0.6) is 11.5 Å². The van der Waals surface area contributed by atoms with Crippen LogP contribution in [0.25, 0.3) is 22.2 Å². The summed E-state index contributed by atoms with van der Waals surface area (Å²) in [6.45, 7) is 1.78. The van der Waals surface area contributed by atoms with Gasteiger partial charge in [0.15, 0.2) is 22.7 Å². The van der Waals surface area contributed by atoms with Crippen LogP contribution in [-0.4, -0.2) is 25.3 Å². The van der Waals surface area contributed by atoms with Gasteiger partial charge in [-0.15, -0.1) is 0 Å². The SMILES string of the molecule is COc1ccc(-c2cc(NC(=O)c3cc(=O)c4cc(Cl)c(C)cc4o3)on2)cc1OC. The second kappa shape index (κ2) is 8.16. The molecule has 4 aromatic rings. The fourth-order valence-electron chi connectivity index (χ4n) is 3.03. The molecule has 4 rings (SSSR count). The Morgan fingerprint density at radius 1 is 1.06 bits per heavy atom. The van der Waals surface area contributed by atoms with Gasteiger partial charge < -0.3 is 18.4 Å². The van der Waals surface area contributed by atoms with Gasteiger partial charge in [-0.1, -0.05) is 16.8 Å². The molecule has 2 aromatic heterocycles. The Balaban J connectivity index is 1.60. The van der Waals surface area contributed by atoms with Crippen LogP contribution in [0.3, 0.4) is 0 Å². The van der Waals surface area contributed by atoms with Crippen molar-refractivity contribution in [3.05, 3.63) is 69.0 Å². The minimum atomic E-state index is -0.651. The van der Waals surface area contributed by atoms with E-state index < -0.39 is 5.91 Å². The first-order chi connectivity index (χ1) is 14.9. The summed E-state index contributed by atoms with van der Waals surface area (Å²) >= 11 is 6.06.